The maximum Gasteiger partial charge on any atom is 0.259 e. The van der Waals surface area contributed by atoms with Gasteiger partial charge in [-0.3, -0.25) is 4.79 Å². The van der Waals surface area contributed by atoms with E-state index in [9.17, 15) is 17.6 Å². The van der Waals surface area contributed by atoms with Crippen LogP contribution in [0, 0.1) is 5.82 Å². The standard InChI is InChI=1S/C24H25FN2O4S/c1-24(2,3)27-32(29,30)20-8-6-7-19(15-20)26-23(28)21-9-4-5-10-22(21)31-16-17-11-13-18(25)14-12-17/h4-15,27H,16H2,1-3H3,(H,26,28). The van der Waals surface area contributed by atoms with Crippen molar-refractivity contribution in [2.24, 2.45) is 0 Å². The van der Waals surface area contributed by atoms with Gasteiger partial charge in [0, 0.05) is 11.2 Å². The summed E-state index contributed by atoms with van der Waals surface area (Å²) < 4.78 is 46.6. The molecule has 168 valence electrons. The number of hydrogen-bond donors (Lipinski definition) is 2. The molecule has 0 atom stereocenters. The van der Waals surface area contributed by atoms with Crippen LogP contribution in [0.25, 0.3) is 0 Å². The largest absolute Gasteiger partial charge is 0.488 e. The van der Waals surface area contributed by atoms with Crippen molar-refractivity contribution in [1.82, 2.24) is 4.72 Å². The molecule has 0 radical (unpaired) electrons. The molecule has 32 heavy (non-hydrogen) atoms. The Morgan fingerprint density at radius 2 is 1.66 bits per heavy atom. The first-order valence-electron chi connectivity index (χ1n) is 9.95. The number of carbonyl (C=O) groups is 1. The minimum Gasteiger partial charge on any atom is -0.488 e. The second-order valence-corrected chi connectivity index (χ2v) is 9.93. The first-order chi connectivity index (χ1) is 15.0. The lowest BCUT2D eigenvalue weighted by atomic mass is 10.1. The fourth-order valence-electron chi connectivity index (χ4n) is 2.92. The summed E-state index contributed by atoms with van der Waals surface area (Å²) in [6.45, 7) is 5.41. The quantitative estimate of drug-likeness (QED) is 0.538. The van der Waals surface area contributed by atoms with E-state index >= 15 is 0 Å². The summed E-state index contributed by atoms with van der Waals surface area (Å²) in [6, 6.07) is 18.6. The topological polar surface area (TPSA) is 84.5 Å². The zero-order valence-electron chi connectivity index (χ0n) is 18.1. The molecule has 0 bridgehead atoms. The first kappa shape index (κ1) is 23.4. The second kappa shape index (κ2) is 9.50. The predicted octanol–water partition coefficient (Wildman–Crippen LogP) is 4.73. The minimum absolute atomic E-state index is 0.0473. The minimum atomic E-state index is -3.74. The van der Waals surface area contributed by atoms with E-state index in [0.29, 0.717) is 11.4 Å². The Balaban J connectivity index is 1.76. The number of amides is 1. The van der Waals surface area contributed by atoms with Crippen molar-refractivity contribution in [2.75, 3.05) is 5.32 Å². The van der Waals surface area contributed by atoms with E-state index in [1.54, 1.807) is 69.3 Å². The number of halogens is 1. The summed E-state index contributed by atoms with van der Waals surface area (Å²) in [7, 11) is -3.74. The Labute approximate surface area is 187 Å². The average Bonchev–Trinajstić information content (AvgIpc) is 2.72. The van der Waals surface area contributed by atoms with Gasteiger partial charge in [0.2, 0.25) is 10.0 Å². The number of nitrogens with one attached hydrogen (secondary N) is 2. The molecule has 0 aliphatic carbocycles. The van der Waals surface area contributed by atoms with Crippen LogP contribution in [0.1, 0.15) is 36.7 Å². The molecule has 0 spiro atoms. The fraction of sp³-hybridized carbons (Fsp3) is 0.208. The third-order valence-electron chi connectivity index (χ3n) is 4.28. The third-order valence-corrected chi connectivity index (χ3v) is 6.04. The SMILES string of the molecule is CC(C)(C)NS(=O)(=O)c1cccc(NC(=O)c2ccccc2OCc2ccc(F)cc2)c1. The summed E-state index contributed by atoms with van der Waals surface area (Å²) >= 11 is 0. The van der Waals surface area contributed by atoms with Gasteiger partial charge in [0.05, 0.1) is 10.5 Å². The van der Waals surface area contributed by atoms with Crippen LogP contribution >= 0.6 is 0 Å². The Morgan fingerprint density at radius 3 is 2.34 bits per heavy atom. The molecule has 0 saturated heterocycles. The molecule has 0 unspecified atom stereocenters. The number of ether oxygens (including phenoxy) is 1. The average molecular weight is 457 g/mol. The smallest absolute Gasteiger partial charge is 0.259 e. The van der Waals surface area contributed by atoms with Crippen molar-refractivity contribution < 1.29 is 22.3 Å². The van der Waals surface area contributed by atoms with Crippen molar-refractivity contribution >= 4 is 21.6 Å². The summed E-state index contributed by atoms with van der Waals surface area (Å²) in [5.41, 5.74) is 0.737. The molecule has 8 heteroatoms. The van der Waals surface area contributed by atoms with E-state index in [1.165, 1.54) is 24.3 Å². The van der Waals surface area contributed by atoms with Crippen LogP contribution in [0.4, 0.5) is 10.1 Å². The summed E-state index contributed by atoms with van der Waals surface area (Å²) in [5.74, 6) is -0.430. The monoisotopic (exact) mass is 456 g/mol. The number of para-hydroxylation sites is 1. The fourth-order valence-corrected chi connectivity index (χ4v) is 4.39. The highest BCUT2D eigenvalue weighted by atomic mass is 32.2. The molecule has 3 rings (SSSR count). The van der Waals surface area contributed by atoms with Crippen LogP contribution in [-0.4, -0.2) is 19.9 Å². The highest BCUT2D eigenvalue weighted by Gasteiger charge is 2.22. The van der Waals surface area contributed by atoms with Crippen LogP contribution < -0.4 is 14.8 Å². The third kappa shape index (κ3) is 6.38. The Hall–Kier alpha value is -3.23. The Kier molecular flexibility index (Phi) is 6.96. The van der Waals surface area contributed by atoms with E-state index in [4.69, 9.17) is 4.74 Å². The summed E-state index contributed by atoms with van der Waals surface area (Å²) in [4.78, 5) is 12.9. The van der Waals surface area contributed by atoms with Gasteiger partial charge in [-0.05, 0) is 68.8 Å². The van der Waals surface area contributed by atoms with Crippen LogP contribution in [0.3, 0.4) is 0 Å². The molecule has 3 aromatic rings. The number of anilines is 1. The normalized spacial score (nSPS) is 11.8. The predicted molar refractivity (Wildman–Crippen MR) is 122 cm³/mol. The Bertz CT molecular complexity index is 1200. The molecule has 0 aliphatic rings. The van der Waals surface area contributed by atoms with E-state index in [1.807, 2.05) is 0 Å². The van der Waals surface area contributed by atoms with Gasteiger partial charge < -0.3 is 10.1 Å². The molecule has 6 nitrogen and oxygen atoms in total. The summed E-state index contributed by atoms with van der Waals surface area (Å²) in [6.07, 6.45) is 0. The lowest BCUT2D eigenvalue weighted by Gasteiger charge is -2.20. The number of hydrogen-bond acceptors (Lipinski definition) is 4. The molecular formula is C24H25FN2O4S. The van der Waals surface area contributed by atoms with E-state index in [-0.39, 0.29) is 22.9 Å². The van der Waals surface area contributed by atoms with Crippen LogP contribution in [-0.2, 0) is 16.6 Å². The molecule has 0 heterocycles. The van der Waals surface area contributed by atoms with Gasteiger partial charge in [-0.2, -0.15) is 0 Å². The van der Waals surface area contributed by atoms with Gasteiger partial charge in [-0.1, -0.05) is 30.3 Å². The van der Waals surface area contributed by atoms with Gasteiger partial charge in [-0.25, -0.2) is 17.5 Å². The van der Waals surface area contributed by atoms with E-state index in [0.717, 1.165) is 5.56 Å². The van der Waals surface area contributed by atoms with Crippen molar-refractivity contribution in [3.63, 3.8) is 0 Å². The van der Waals surface area contributed by atoms with Crippen molar-refractivity contribution in [2.45, 2.75) is 37.8 Å². The maximum atomic E-state index is 13.1. The molecular weight excluding hydrogens is 431 g/mol. The molecule has 0 fully saturated rings. The zero-order chi connectivity index (χ0) is 23.4. The van der Waals surface area contributed by atoms with Gasteiger partial charge in [0.15, 0.2) is 0 Å². The number of carbonyl (C=O) groups excluding carboxylic acids is 1. The van der Waals surface area contributed by atoms with Gasteiger partial charge in [-0.15, -0.1) is 0 Å². The molecule has 2 N–H and O–H groups in total. The highest BCUT2D eigenvalue weighted by Crippen LogP contribution is 2.23. The molecule has 0 aromatic heterocycles. The molecule has 3 aromatic carbocycles. The van der Waals surface area contributed by atoms with Crippen molar-refractivity contribution in [3.05, 3.63) is 89.7 Å². The highest BCUT2D eigenvalue weighted by molar-refractivity contribution is 7.89. The van der Waals surface area contributed by atoms with Crippen LogP contribution in [0.2, 0.25) is 0 Å². The number of benzene rings is 3. The lowest BCUT2D eigenvalue weighted by Crippen LogP contribution is -2.40. The van der Waals surface area contributed by atoms with Gasteiger partial charge >= 0.3 is 0 Å². The first-order valence-corrected chi connectivity index (χ1v) is 11.4. The van der Waals surface area contributed by atoms with E-state index < -0.39 is 21.5 Å². The maximum absolute atomic E-state index is 13.1. The lowest BCUT2D eigenvalue weighted by molar-refractivity contribution is 0.102. The van der Waals surface area contributed by atoms with E-state index in [2.05, 4.69) is 10.0 Å². The van der Waals surface area contributed by atoms with Crippen molar-refractivity contribution in [1.29, 1.82) is 0 Å². The second-order valence-electron chi connectivity index (χ2n) is 8.25. The van der Waals surface area contributed by atoms with Crippen LogP contribution in [0.5, 0.6) is 5.75 Å². The van der Waals surface area contributed by atoms with Crippen LogP contribution in [0.15, 0.2) is 77.7 Å². The molecule has 0 saturated carbocycles. The molecule has 1 amide bonds. The number of sulfonamides is 1. The molecule has 0 aliphatic heterocycles. The zero-order valence-corrected chi connectivity index (χ0v) is 18.9. The Morgan fingerprint density at radius 1 is 0.969 bits per heavy atom. The van der Waals surface area contributed by atoms with Crippen molar-refractivity contribution in [3.8, 4) is 5.75 Å². The number of rotatable bonds is 7. The van der Waals surface area contributed by atoms with Gasteiger partial charge in [0.1, 0.15) is 18.2 Å². The van der Waals surface area contributed by atoms with Gasteiger partial charge in [0.25, 0.3) is 5.91 Å². The summed E-state index contributed by atoms with van der Waals surface area (Å²) in [5, 5.41) is 2.72.